The fourth-order valence-corrected chi connectivity index (χ4v) is 10.1. The molecule has 8 atom stereocenters. The van der Waals surface area contributed by atoms with E-state index in [9.17, 15) is 19.2 Å². The molecule has 3 saturated carbocycles. The van der Waals surface area contributed by atoms with Gasteiger partial charge in [-0.05, 0) is 79.1 Å². The highest BCUT2D eigenvalue weighted by atomic mass is 19.1. The van der Waals surface area contributed by atoms with E-state index in [1.165, 1.54) is 0 Å². The van der Waals surface area contributed by atoms with Gasteiger partial charge in [-0.2, -0.15) is 10.2 Å². The Bertz CT molecular complexity index is 1370. The lowest BCUT2D eigenvalue weighted by Gasteiger charge is -2.68. The molecule has 39 heavy (non-hydrogen) atoms. The van der Waals surface area contributed by atoms with E-state index in [1.54, 1.807) is 0 Å². The summed E-state index contributed by atoms with van der Waals surface area (Å²) in [5.74, 6) is 0.259. The van der Waals surface area contributed by atoms with E-state index >= 15 is 0 Å². The van der Waals surface area contributed by atoms with Crippen molar-refractivity contribution in [3.63, 3.8) is 0 Å². The van der Waals surface area contributed by atoms with Crippen molar-refractivity contribution in [3.05, 3.63) is 35.0 Å². The number of nitrogens with zero attached hydrogens (tertiary/aromatic N) is 3. The number of Topliss-reactive ketones (excluding diaryl/α,β-unsaturated/α-hetero) is 1. The Morgan fingerprint density at radius 2 is 1.79 bits per heavy atom. The summed E-state index contributed by atoms with van der Waals surface area (Å²) in [5.41, 5.74) is -0.132. The topological polar surface area (TPSA) is 96.8 Å². The second-order valence-corrected chi connectivity index (χ2v) is 14.7. The first-order valence-electron chi connectivity index (χ1n) is 14.6. The highest BCUT2D eigenvalue weighted by Gasteiger charge is 2.70. The van der Waals surface area contributed by atoms with Gasteiger partial charge in [0.1, 0.15) is 6.07 Å². The third-order valence-electron chi connectivity index (χ3n) is 12.5. The number of fused-ring (bicyclic) bond motifs is 7. The first kappa shape index (κ1) is 26.6. The minimum Gasteiger partial charge on any atom is -0.339 e. The summed E-state index contributed by atoms with van der Waals surface area (Å²) < 4.78 is 19.2. The van der Waals surface area contributed by atoms with Crippen LogP contribution in [-0.2, 0) is 21.7 Å². The average Bonchev–Trinajstić information content (AvgIpc) is 3.37. The molecule has 0 saturated heterocycles. The number of carbonyl (C=O) groups excluding carboxylic acids is 2. The van der Waals surface area contributed by atoms with Crippen molar-refractivity contribution in [1.82, 2.24) is 10.1 Å². The van der Waals surface area contributed by atoms with Crippen LogP contribution in [-0.4, -0.2) is 21.7 Å². The monoisotopic (exact) mass is 533 g/mol. The number of aromatic nitrogens is 2. The highest BCUT2D eigenvalue weighted by Crippen LogP contribution is 2.73. The van der Waals surface area contributed by atoms with Gasteiger partial charge >= 0.3 is 0 Å². The molecule has 1 heterocycles. The minimum absolute atomic E-state index is 0.0117. The van der Waals surface area contributed by atoms with Crippen LogP contribution in [0.1, 0.15) is 98.2 Å². The molecule has 208 valence electrons. The van der Waals surface area contributed by atoms with Crippen LogP contribution in [0.15, 0.2) is 27.8 Å². The summed E-state index contributed by atoms with van der Waals surface area (Å²) in [6.45, 7) is 12.5. The molecule has 0 aromatic carbocycles. The summed E-state index contributed by atoms with van der Waals surface area (Å²) in [6.07, 6.45) is 9.93. The van der Waals surface area contributed by atoms with Crippen molar-refractivity contribution >= 4 is 11.6 Å². The van der Waals surface area contributed by atoms with Crippen LogP contribution in [0.5, 0.6) is 0 Å². The van der Waals surface area contributed by atoms with Gasteiger partial charge in [0, 0.05) is 17.3 Å². The van der Waals surface area contributed by atoms with Gasteiger partial charge < -0.3 is 4.52 Å². The van der Waals surface area contributed by atoms with E-state index in [4.69, 9.17) is 4.52 Å². The molecule has 0 bridgehead atoms. The van der Waals surface area contributed by atoms with Crippen LogP contribution >= 0.6 is 0 Å². The van der Waals surface area contributed by atoms with Gasteiger partial charge in [0.15, 0.2) is 18.2 Å². The zero-order valence-electron chi connectivity index (χ0n) is 24.1. The number of nitriles is 1. The van der Waals surface area contributed by atoms with Crippen LogP contribution in [0, 0.1) is 56.7 Å². The molecule has 5 aliphatic carbocycles. The number of alkyl halides is 1. The summed E-state index contributed by atoms with van der Waals surface area (Å²) in [4.78, 5) is 31.9. The number of rotatable bonds is 2. The Kier molecular flexibility index (Phi) is 5.60. The van der Waals surface area contributed by atoms with Gasteiger partial charge in [-0.25, -0.2) is 4.39 Å². The molecule has 1 aromatic rings. The second kappa shape index (κ2) is 8.21. The smallest absolute Gasteiger partial charge is 0.233 e. The molecule has 1 aromatic heterocycles. The van der Waals surface area contributed by atoms with Gasteiger partial charge in [0.25, 0.3) is 0 Å². The lowest BCUT2D eigenvalue weighted by atomic mass is 9.35. The predicted molar refractivity (Wildman–Crippen MR) is 143 cm³/mol. The Morgan fingerprint density at radius 3 is 2.46 bits per heavy atom. The Morgan fingerprint density at radius 1 is 1.08 bits per heavy atom. The number of ketones is 2. The quantitative estimate of drug-likeness (QED) is 0.424. The zero-order valence-corrected chi connectivity index (χ0v) is 24.1. The Balaban J connectivity index is 1.52. The first-order valence-corrected chi connectivity index (χ1v) is 14.6. The van der Waals surface area contributed by atoms with Crippen LogP contribution in [0.25, 0.3) is 0 Å². The zero-order chi connectivity index (χ0) is 28.2. The molecule has 7 heteroatoms. The predicted octanol–water partition coefficient (Wildman–Crippen LogP) is 6.62. The largest absolute Gasteiger partial charge is 0.339 e. The SMILES string of the molecule is C[C@@H]1C(=O)C(C#N)=C[C@]2(C)C3=CC(=O)[C@@H]4[C@@H]5CC(C)(C)CC[C@]5(c5nc(CF)no5)CC[C@@]4(C)[C@]3(C)CC[C@@H]12. The van der Waals surface area contributed by atoms with Crippen LogP contribution in [0.2, 0.25) is 0 Å². The first-order chi connectivity index (χ1) is 18.3. The molecule has 5 aliphatic rings. The molecule has 6 nitrogen and oxygen atoms in total. The third kappa shape index (κ3) is 3.29. The average molecular weight is 534 g/mol. The number of hydrogen-bond acceptors (Lipinski definition) is 6. The molecule has 0 N–H and O–H groups in total. The molecular formula is C32H40FN3O3. The van der Waals surface area contributed by atoms with E-state index in [0.717, 1.165) is 50.5 Å². The van der Waals surface area contributed by atoms with Gasteiger partial charge in [-0.1, -0.05) is 58.3 Å². The fourth-order valence-electron chi connectivity index (χ4n) is 10.1. The van der Waals surface area contributed by atoms with Crippen molar-refractivity contribution in [3.8, 4) is 6.07 Å². The van der Waals surface area contributed by atoms with E-state index in [2.05, 4.69) is 50.8 Å². The number of hydrogen-bond donors (Lipinski definition) is 0. The molecule has 0 aliphatic heterocycles. The van der Waals surface area contributed by atoms with Gasteiger partial charge in [0.2, 0.25) is 11.7 Å². The lowest BCUT2D eigenvalue weighted by Crippen LogP contribution is -2.65. The maximum Gasteiger partial charge on any atom is 0.233 e. The number of carbonyl (C=O) groups is 2. The summed E-state index contributed by atoms with van der Waals surface area (Å²) in [7, 11) is 0. The van der Waals surface area contributed by atoms with Crippen molar-refractivity contribution in [2.75, 3.05) is 0 Å². The van der Waals surface area contributed by atoms with Gasteiger partial charge in [-0.15, -0.1) is 0 Å². The van der Waals surface area contributed by atoms with E-state index in [1.807, 2.05) is 19.1 Å². The Labute approximate surface area is 230 Å². The maximum absolute atomic E-state index is 14.5. The number of halogens is 1. The minimum atomic E-state index is -0.765. The standard InChI is InChI=1S/C32H40FN3O3/c1-18-20-7-8-30(5)23(29(20,4)14-19(17-34)26(18)38)13-22(37)25-21-15-28(2,3)9-11-32(21,12-10-31(25,30)6)27-35-24(16-33)36-39-27/h13-14,18,20-21,25H,7-12,15-16H2,1-6H3/t18-,20-,21-,25-,29-,30+,31+,32-/m0/s1. The van der Waals surface area contributed by atoms with E-state index in [-0.39, 0.29) is 62.9 Å². The molecule has 0 spiro atoms. The van der Waals surface area contributed by atoms with Crippen LogP contribution in [0.3, 0.4) is 0 Å². The molecule has 0 radical (unpaired) electrons. The van der Waals surface area contributed by atoms with Gasteiger partial charge in [-0.3, -0.25) is 9.59 Å². The molecule has 3 fully saturated rings. The van der Waals surface area contributed by atoms with Crippen molar-refractivity contribution in [2.45, 2.75) is 98.6 Å². The van der Waals surface area contributed by atoms with E-state index < -0.39 is 17.5 Å². The van der Waals surface area contributed by atoms with Crippen LogP contribution in [0.4, 0.5) is 4.39 Å². The van der Waals surface area contributed by atoms with Crippen molar-refractivity contribution < 1.29 is 18.5 Å². The maximum atomic E-state index is 14.5. The fraction of sp³-hybridized carbons (Fsp3) is 0.719. The van der Waals surface area contributed by atoms with E-state index in [0.29, 0.717) is 5.89 Å². The molecule has 0 unspecified atom stereocenters. The summed E-state index contributed by atoms with van der Waals surface area (Å²) in [6, 6.07) is 2.15. The van der Waals surface area contributed by atoms with Crippen molar-refractivity contribution in [2.24, 2.45) is 45.3 Å². The van der Waals surface area contributed by atoms with Crippen molar-refractivity contribution in [1.29, 1.82) is 5.26 Å². The third-order valence-corrected chi connectivity index (χ3v) is 12.5. The van der Waals surface area contributed by atoms with Gasteiger partial charge in [0.05, 0.1) is 11.0 Å². The molecule has 6 rings (SSSR count). The lowest BCUT2D eigenvalue weighted by molar-refractivity contribution is -0.159. The highest BCUT2D eigenvalue weighted by molar-refractivity contribution is 6.02. The molecule has 0 amide bonds. The number of allylic oxidation sites excluding steroid dienone is 4. The molecular weight excluding hydrogens is 493 g/mol. The summed E-state index contributed by atoms with van der Waals surface area (Å²) >= 11 is 0. The second-order valence-electron chi connectivity index (χ2n) is 14.7. The Hall–Kier alpha value is -2.62. The normalized spacial score (nSPS) is 44.7. The summed E-state index contributed by atoms with van der Waals surface area (Å²) in [5, 5.41) is 13.7. The van der Waals surface area contributed by atoms with Crippen LogP contribution < -0.4 is 0 Å².